The molecule has 0 bridgehead atoms. The minimum Gasteiger partial charge on any atom is -0.320 e. The Morgan fingerprint density at radius 2 is 2.17 bits per heavy atom. The van der Waals surface area contributed by atoms with E-state index in [2.05, 4.69) is 31.9 Å². The monoisotopic (exact) mass is 339 g/mol. The highest BCUT2D eigenvalue weighted by atomic mass is 32.1. The van der Waals surface area contributed by atoms with Gasteiger partial charge in [0.15, 0.2) is 0 Å². The van der Waals surface area contributed by atoms with Crippen LogP contribution in [0.4, 0.5) is 10.7 Å². The van der Waals surface area contributed by atoms with Gasteiger partial charge in [0.2, 0.25) is 5.95 Å². The zero-order valence-corrected chi connectivity index (χ0v) is 13.8. The number of urea groups is 1. The summed E-state index contributed by atoms with van der Waals surface area (Å²) in [7, 11) is 0. The van der Waals surface area contributed by atoms with Crippen molar-refractivity contribution >= 4 is 23.3 Å². The molecule has 0 aliphatic carbocycles. The van der Waals surface area contributed by atoms with Crippen LogP contribution in [0.3, 0.4) is 0 Å². The smallest absolute Gasteiger partial charge is 0.320 e. The van der Waals surface area contributed by atoms with E-state index in [1.807, 2.05) is 30.3 Å². The Hall–Kier alpha value is -2.67. The number of nitrogens with one attached hydrogen (secondary N) is 2. The van der Waals surface area contributed by atoms with Crippen LogP contribution in [0, 0.1) is 0 Å². The van der Waals surface area contributed by atoms with Crippen molar-refractivity contribution in [2.45, 2.75) is 19.4 Å². The van der Waals surface area contributed by atoms with E-state index in [1.165, 1.54) is 10.4 Å². The average Bonchev–Trinajstić information content (AvgIpc) is 3.24. The molecule has 3 aromatic rings. The summed E-state index contributed by atoms with van der Waals surface area (Å²) >= 11 is 1.76. The standard InChI is InChI=1S/C17H17N5OS/c23-17(22-8-6-14-13(11-22)7-9-24-14)19-16-18-15(20-21-16)10-12-4-2-1-3-5-12/h1-5,7,9H,6,8,10-11H2,(H2,18,19,20,21,23). The molecule has 6 nitrogen and oxygen atoms in total. The molecule has 0 fully saturated rings. The van der Waals surface area contributed by atoms with E-state index in [0.717, 1.165) is 24.4 Å². The molecular weight excluding hydrogens is 322 g/mol. The van der Waals surface area contributed by atoms with Crippen molar-refractivity contribution in [2.24, 2.45) is 0 Å². The summed E-state index contributed by atoms with van der Waals surface area (Å²) in [5.41, 5.74) is 2.38. The first-order valence-corrected chi connectivity index (χ1v) is 8.72. The maximum absolute atomic E-state index is 12.4. The van der Waals surface area contributed by atoms with Crippen LogP contribution in [0.2, 0.25) is 0 Å². The summed E-state index contributed by atoms with van der Waals surface area (Å²) < 4.78 is 0. The van der Waals surface area contributed by atoms with Crippen molar-refractivity contribution in [3.63, 3.8) is 0 Å². The lowest BCUT2D eigenvalue weighted by atomic mass is 10.1. The second-order valence-electron chi connectivity index (χ2n) is 5.74. The van der Waals surface area contributed by atoms with Crippen LogP contribution in [0.25, 0.3) is 0 Å². The Bertz CT molecular complexity index is 842. The number of aromatic amines is 1. The van der Waals surface area contributed by atoms with E-state index in [9.17, 15) is 4.79 Å². The number of H-pyrrole nitrogens is 1. The molecule has 0 saturated carbocycles. The van der Waals surface area contributed by atoms with Crippen LogP contribution in [0.15, 0.2) is 41.8 Å². The van der Waals surface area contributed by atoms with E-state index in [-0.39, 0.29) is 6.03 Å². The van der Waals surface area contributed by atoms with Gasteiger partial charge in [-0.25, -0.2) is 4.79 Å². The third kappa shape index (κ3) is 3.16. The lowest BCUT2D eigenvalue weighted by molar-refractivity contribution is 0.206. The molecule has 1 aliphatic rings. The summed E-state index contributed by atoms with van der Waals surface area (Å²) in [5, 5.41) is 11.8. The van der Waals surface area contributed by atoms with Gasteiger partial charge >= 0.3 is 6.03 Å². The Balaban J connectivity index is 1.38. The summed E-state index contributed by atoms with van der Waals surface area (Å²) in [6, 6.07) is 12.0. The fourth-order valence-corrected chi connectivity index (χ4v) is 3.71. The van der Waals surface area contributed by atoms with Crippen LogP contribution < -0.4 is 5.32 Å². The zero-order valence-electron chi connectivity index (χ0n) is 13.0. The van der Waals surface area contributed by atoms with Gasteiger partial charge in [-0.15, -0.1) is 16.4 Å². The second kappa shape index (κ2) is 6.45. The van der Waals surface area contributed by atoms with Crippen LogP contribution >= 0.6 is 11.3 Å². The highest BCUT2D eigenvalue weighted by molar-refractivity contribution is 7.10. The first-order valence-electron chi connectivity index (χ1n) is 7.84. The first kappa shape index (κ1) is 14.9. The maximum atomic E-state index is 12.4. The number of carbonyl (C=O) groups excluding carboxylic acids is 1. The summed E-state index contributed by atoms with van der Waals surface area (Å²) in [4.78, 5) is 19.9. The van der Waals surface area contributed by atoms with Gasteiger partial charge in [-0.2, -0.15) is 4.98 Å². The molecule has 0 radical (unpaired) electrons. The number of rotatable bonds is 3. The lowest BCUT2D eigenvalue weighted by Gasteiger charge is -2.26. The molecule has 1 aliphatic heterocycles. The van der Waals surface area contributed by atoms with Gasteiger partial charge in [0.25, 0.3) is 0 Å². The van der Waals surface area contributed by atoms with E-state index in [1.54, 1.807) is 16.2 Å². The van der Waals surface area contributed by atoms with Gasteiger partial charge in [-0.05, 0) is 29.0 Å². The predicted molar refractivity (Wildman–Crippen MR) is 93.1 cm³/mol. The van der Waals surface area contributed by atoms with Crippen LogP contribution in [0.5, 0.6) is 0 Å². The maximum Gasteiger partial charge on any atom is 0.324 e. The van der Waals surface area contributed by atoms with Crippen molar-refractivity contribution in [1.82, 2.24) is 20.1 Å². The second-order valence-corrected chi connectivity index (χ2v) is 6.74. The third-order valence-corrected chi connectivity index (χ3v) is 5.08. The van der Waals surface area contributed by atoms with Gasteiger partial charge in [-0.1, -0.05) is 30.3 Å². The van der Waals surface area contributed by atoms with Gasteiger partial charge in [0.1, 0.15) is 5.82 Å². The topological polar surface area (TPSA) is 73.9 Å². The highest BCUT2D eigenvalue weighted by Gasteiger charge is 2.22. The molecule has 3 heterocycles. The van der Waals surface area contributed by atoms with Crippen molar-refractivity contribution in [2.75, 3.05) is 11.9 Å². The summed E-state index contributed by atoms with van der Waals surface area (Å²) in [5.74, 6) is 1.05. The number of carbonyl (C=O) groups is 1. The quantitative estimate of drug-likeness (QED) is 0.770. The number of hydrogen-bond acceptors (Lipinski definition) is 4. The Morgan fingerprint density at radius 3 is 3.04 bits per heavy atom. The lowest BCUT2D eigenvalue weighted by Crippen LogP contribution is -2.38. The number of thiophene rings is 1. The molecule has 122 valence electrons. The Morgan fingerprint density at radius 1 is 1.29 bits per heavy atom. The van der Waals surface area contributed by atoms with Crippen molar-refractivity contribution in [3.8, 4) is 0 Å². The fourth-order valence-electron chi connectivity index (χ4n) is 2.82. The zero-order chi connectivity index (χ0) is 16.4. The molecule has 0 unspecified atom stereocenters. The molecule has 0 spiro atoms. The SMILES string of the molecule is O=C(Nc1n[nH]c(Cc2ccccc2)n1)N1CCc2sccc2C1. The van der Waals surface area contributed by atoms with Gasteiger partial charge in [0, 0.05) is 24.4 Å². The molecule has 0 atom stereocenters. The van der Waals surface area contributed by atoms with Gasteiger partial charge < -0.3 is 4.90 Å². The Labute approximate surface area is 143 Å². The molecule has 2 amide bonds. The molecule has 4 rings (SSSR count). The van der Waals surface area contributed by atoms with E-state index in [0.29, 0.717) is 18.9 Å². The van der Waals surface area contributed by atoms with Crippen LogP contribution in [-0.4, -0.2) is 32.7 Å². The summed E-state index contributed by atoms with van der Waals surface area (Å²) in [6.07, 6.45) is 1.57. The molecule has 7 heteroatoms. The minimum absolute atomic E-state index is 0.155. The minimum atomic E-state index is -0.155. The predicted octanol–water partition coefficient (Wildman–Crippen LogP) is 3.05. The highest BCUT2D eigenvalue weighted by Crippen LogP contribution is 2.24. The number of aromatic nitrogens is 3. The number of anilines is 1. The first-order chi connectivity index (χ1) is 11.8. The third-order valence-electron chi connectivity index (χ3n) is 4.06. The van der Waals surface area contributed by atoms with Gasteiger partial charge in [-0.3, -0.25) is 10.4 Å². The molecule has 0 saturated heterocycles. The number of fused-ring (bicyclic) bond motifs is 1. The van der Waals surface area contributed by atoms with Crippen molar-refractivity contribution < 1.29 is 4.79 Å². The molecular formula is C17H17N5OS. The van der Waals surface area contributed by atoms with Crippen LogP contribution in [-0.2, 0) is 19.4 Å². The number of amides is 2. The average molecular weight is 339 g/mol. The van der Waals surface area contributed by atoms with Gasteiger partial charge in [0.05, 0.1) is 0 Å². The molecule has 1 aromatic carbocycles. The van der Waals surface area contributed by atoms with E-state index in [4.69, 9.17) is 0 Å². The summed E-state index contributed by atoms with van der Waals surface area (Å²) in [6.45, 7) is 1.37. The Kier molecular flexibility index (Phi) is 4.00. The van der Waals surface area contributed by atoms with E-state index < -0.39 is 0 Å². The van der Waals surface area contributed by atoms with Crippen LogP contribution in [0.1, 0.15) is 21.8 Å². The molecule has 2 aromatic heterocycles. The number of hydrogen-bond donors (Lipinski definition) is 2. The van der Waals surface area contributed by atoms with Crippen molar-refractivity contribution in [3.05, 3.63) is 63.6 Å². The normalized spacial score (nSPS) is 13.6. The molecule has 24 heavy (non-hydrogen) atoms. The molecule has 2 N–H and O–H groups in total. The fraction of sp³-hybridized carbons (Fsp3) is 0.235. The van der Waals surface area contributed by atoms with E-state index >= 15 is 0 Å². The van der Waals surface area contributed by atoms with Crippen molar-refractivity contribution in [1.29, 1.82) is 0 Å². The largest absolute Gasteiger partial charge is 0.324 e. The number of benzene rings is 1. The number of nitrogens with zero attached hydrogens (tertiary/aromatic N) is 3.